The first-order chi connectivity index (χ1) is 17.5. The molecule has 8 heteroatoms. The van der Waals surface area contributed by atoms with Gasteiger partial charge in [-0.2, -0.15) is 0 Å². The average Bonchev–Trinajstić information content (AvgIpc) is 3.10. The fraction of sp³-hybridized carbons (Fsp3) is 0.500. The number of ether oxygens (including phenoxy) is 1. The third-order valence-electron chi connectivity index (χ3n) is 7.18. The number of Topliss-reactive ketones (excluding diaryl/α,β-unsaturated/α-hetero) is 1. The number of amidine groups is 1. The van der Waals surface area contributed by atoms with Crippen molar-refractivity contribution in [1.82, 2.24) is 9.80 Å². The minimum absolute atomic E-state index is 0.00926. The number of rotatable bonds is 7. The smallest absolute Gasteiger partial charge is 0.407 e. The van der Waals surface area contributed by atoms with Crippen LogP contribution in [-0.2, 0) is 17.4 Å². The molecule has 0 saturated carbocycles. The fourth-order valence-electron chi connectivity index (χ4n) is 4.76. The van der Waals surface area contributed by atoms with E-state index in [0.29, 0.717) is 35.6 Å². The van der Waals surface area contributed by atoms with Gasteiger partial charge in [0.05, 0.1) is 19.2 Å². The van der Waals surface area contributed by atoms with E-state index >= 15 is 0 Å². The first-order valence-corrected chi connectivity index (χ1v) is 13.0. The van der Waals surface area contributed by atoms with Crippen LogP contribution in [-0.4, -0.2) is 57.9 Å². The van der Waals surface area contributed by atoms with E-state index in [1.807, 2.05) is 60.6 Å². The van der Waals surface area contributed by atoms with Crippen LogP contribution in [0.4, 0.5) is 4.79 Å². The third-order valence-corrected chi connectivity index (χ3v) is 7.18. The summed E-state index contributed by atoms with van der Waals surface area (Å²) in [6.45, 7) is 16.5. The first-order valence-electron chi connectivity index (χ1n) is 13.0. The molecule has 3 N–H and O–H groups in total. The van der Waals surface area contributed by atoms with Crippen molar-refractivity contribution in [3.05, 3.63) is 57.6 Å². The van der Waals surface area contributed by atoms with Crippen LogP contribution in [0.1, 0.15) is 99.6 Å². The Morgan fingerprint density at radius 2 is 1.63 bits per heavy atom. The summed E-state index contributed by atoms with van der Waals surface area (Å²) in [5, 5.41) is 29.3. The number of aromatic hydroxyl groups is 1. The molecule has 2 aromatic carbocycles. The molecule has 0 bridgehead atoms. The number of amides is 1. The summed E-state index contributed by atoms with van der Waals surface area (Å²) in [6.07, 6.45) is -1.05. The van der Waals surface area contributed by atoms with E-state index in [-0.39, 0.29) is 34.7 Å². The number of fused-ring (bicyclic) bond motifs is 1. The van der Waals surface area contributed by atoms with Crippen molar-refractivity contribution < 1.29 is 24.5 Å². The summed E-state index contributed by atoms with van der Waals surface area (Å²) in [6, 6.07) is 6.73. The van der Waals surface area contributed by atoms with E-state index in [1.54, 1.807) is 24.0 Å². The summed E-state index contributed by atoms with van der Waals surface area (Å²) in [5.41, 5.74) is 3.43. The second kappa shape index (κ2) is 10.3. The molecule has 1 amide bonds. The van der Waals surface area contributed by atoms with Crippen LogP contribution < -0.4 is 4.74 Å². The number of hydrogen-bond acceptors (Lipinski definition) is 5. The van der Waals surface area contributed by atoms with Gasteiger partial charge in [0.25, 0.3) is 0 Å². The standard InChI is InChI=1S/C30H41N3O5/c1-10-38-25-13-19-15-33(27(31)21(19)14-20(25)17(2)32(9)28(36)37)16-24(34)18-11-22(29(3,4)5)26(35)23(12-18)30(6,7)8/h11-14,17,31,35H,10,15-16H2,1-9H3,(H,36,37). The zero-order chi connectivity index (χ0) is 28.7. The number of carboxylic acid groups (broad SMARTS) is 1. The van der Waals surface area contributed by atoms with Crippen LogP contribution in [0.5, 0.6) is 11.5 Å². The van der Waals surface area contributed by atoms with Crippen molar-refractivity contribution in [2.75, 3.05) is 20.2 Å². The number of nitrogens with zero attached hydrogens (tertiary/aromatic N) is 2. The maximum Gasteiger partial charge on any atom is 0.407 e. The van der Waals surface area contributed by atoms with Gasteiger partial charge in [-0.1, -0.05) is 41.5 Å². The lowest BCUT2D eigenvalue weighted by Crippen LogP contribution is -2.31. The lowest BCUT2D eigenvalue weighted by atomic mass is 9.78. The third kappa shape index (κ3) is 5.64. The number of ketones is 1. The molecule has 1 heterocycles. The monoisotopic (exact) mass is 523 g/mol. The van der Waals surface area contributed by atoms with Crippen LogP contribution in [0.15, 0.2) is 24.3 Å². The number of carbonyl (C=O) groups is 2. The van der Waals surface area contributed by atoms with Gasteiger partial charge >= 0.3 is 6.09 Å². The molecule has 38 heavy (non-hydrogen) atoms. The van der Waals surface area contributed by atoms with E-state index in [4.69, 9.17) is 10.1 Å². The first kappa shape index (κ1) is 29.0. The van der Waals surface area contributed by atoms with Crippen LogP contribution >= 0.6 is 0 Å². The van der Waals surface area contributed by atoms with Gasteiger partial charge in [0.1, 0.15) is 17.3 Å². The highest BCUT2D eigenvalue weighted by Crippen LogP contribution is 2.40. The van der Waals surface area contributed by atoms with Gasteiger partial charge in [0.2, 0.25) is 0 Å². The summed E-state index contributed by atoms with van der Waals surface area (Å²) in [5.74, 6) is 0.881. The number of phenols is 1. The average molecular weight is 524 g/mol. The molecule has 0 spiro atoms. The number of nitrogens with one attached hydrogen (secondary N) is 1. The van der Waals surface area contributed by atoms with Crippen molar-refractivity contribution in [3.8, 4) is 11.5 Å². The molecule has 0 fully saturated rings. The Balaban J connectivity index is 1.96. The van der Waals surface area contributed by atoms with Gasteiger partial charge in [0.15, 0.2) is 5.78 Å². The summed E-state index contributed by atoms with van der Waals surface area (Å²) in [7, 11) is 1.50. The molecular formula is C30H41N3O5. The topological polar surface area (TPSA) is 114 Å². The molecule has 8 nitrogen and oxygen atoms in total. The van der Waals surface area contributed by atoms with E-state index in [2.05, 4.69) is 0 Å². The predicted octanol–water partition coefficient (Wildman–Crippen LogP) is 6.08. The number of phenolic OH excluding ortho intramolecular Hbond substituents is 1. The van der Waals surface area contributed by atoms with Gasteiger partial charge in [-0.05, 0) is 54.5 Å². The maximum absolute atomic E-state index is 13.6. The summed E-state index contributed by atoms with van der Waals surface area (Å²) in [4.78, 5) is 28.0. The predicted molar refractivity (Wildman–Crippen MR) is 149 cm³/mol. The van der Waals surface area contributed by atoms with Crippen LogP contribution in [0.25, 0.3) is 0 Å². The zero-order valence-corrected chi connectivity index (χ0v) is 24.0. The quantitative estimate of drug-likeness (QED) is 0.379. The molecule has 1 unspecified atom stereocenters. The molecule has 206 valence electrons. The highest BCUT2D eigenvalue weighted by molar-refractivity contribution is 6.05. The Morgan fingerprint density at radius 1 is 1.08 bits per heavy atom. The zero-order valence-electron chi connectivity index (χ0n) is 24.0. The molecule has 1 aliphatic rings. The fourth-order valence-corrected chi connectivity index (χ4v) is 4.76. The Morgan fingerprint density at radius 3 is 2.11 bits per heavy atom. The SMILES string of the molecule is CCOc1cc2c(cc1C(C)N(C)C(=O)O)C(=N)N(CC(=O)c1cc(C(C)(C)C)c(O)c(C(C)(C)C)c1)C2. The molecule has 0 radical (unpaired) electrons. The van der Waals surface area contributed by atoms with Gasteiger partial charge in [-0.25, -0.2) is 4.79 Å². The molecule has 2 aromatic rings. The number of hydrogen-bond donors (Lipinski definition) is 3. The Hall–Kier alpha value is -3.55. The van der Waals surface area contributed by atoms with Crippen LogP contribution in [0.2, 0.25) is 0 Å². The molecule has 1 aliphatic heterocycles. The maximum atomic E-state index is 13.6. The lowest BCUT2D eigenvalue weighted by molar-refractivity contribution is 0.0962. The molecule has 3 rings (SSSR count). The largest absolute Gasteiger partial charge is 0.507 e. The van der Waals surface area contributed by atoms with Gasteiger partial charge < -0.3 is 24.7 Å². The van der Waals surface area contributed by atoms with Gasteiger partial charge in [0, 0.05) is 41.4 Å². The molecule has 0 aromatic heterocycles. The van der Waals surface area contributed by atoms with Crippen molar-refractivity contribution in [1.29, 1.82) is 5.41 Å². The van der Waals surface area contributed by atoms with Gasteiger partial charge in [-0.3, -0.25) is 10.2 Å². The molecule has 0 aliphatic carbocycles. The van der Waals surface area contributed by atoms with Crippen molar-refractivity contribution >= 4 is 17.7 Å². The Labute approximate surface area is 225 Å². The van der Waals surface area contributed by atoms with Gasteiger partial charge in [-0.15, -0.1) is 0 Å². The number of benzene rings is 2. The normalized spacial score (nSPS) is 14.3. The minimum atomic E-state index is -1.05. The summed E-state index contributed by atoms with van der Waals surface area (Å²) >= 11 is 0. The van der Waals surface area contributed by atoms with E-state index in [1.165, 1.54) is 11.9 Å². The highest BCUT2D eigenvalue weighted by Gasteiger charge is 2.32. The van der Waals surface area contributed by atoms with E-state index in [0.717, 1.165) is 16.7 Å². The molecule has 0 saturated heterocycles. The molecular weight excluding hydrogens is 482 g/mol. The van der Waals surface area contributed by atoms with Crippen LogP contribution in [0, 0.1) is 5.41 Å². The minimum Gasteiger partial charge on any atom is -0.507 e. The second-order valence-corrected chi connectivity index (χ2v) is 12.1. The molecule has 1 atom stereocenters. The van der Waals surface area contributed by atoms with Crippen molar-refractivity contribution in [2.45, 2.75) is 78.8 Å². The summed E-state index contributed by atoms with van der Waals surface area (Å²) < 4.78 is 5.84. The van der Waals surface area contributed by atoms with Crippen molar-refractivity contribution in [2.24, 2.45) is 0 Å². The Kier molecular flexibility index (Phi) is 7.87. The van der Waals surface area contributed by atoms with Crippen molar-refractivity contribution in [3.63, 3.8) is 0 Å². The van der Waals surface area contributed by atoms with Crippen LogP contribution in [0.3, 0.4) is 0 Å². The Bertz CT molecular complexity index is 1230. The highest BCUT2D eigenvalue weighted by atomic mass is 16.5. The number of carbonyl (C=O) groups excluding carboxylic acids is 1. The second-order valence-electron chi connectivity index (χ2n) is 12.1. The van der Waals surface area contributed by atoms with E-state index < -0.39 is 12.1 Å². The lowest BCUT2D eigenvalue weighted by Gasteiger charge is -2.28. The van der Waals surface area contributed by atoms with E-state index in [9.17, 15) is 19.8 Å².